The number of hydrogen-bond acceptors (Lipinski definition) is 3. The summed E-state index contributed by atoms with van der Waals surface area (Å²) < 4.78 is 0. The Bertz CT molecular complexity index is 342. The summed E-state index contributed by atoms with van der Waals surface area (Å²) >= 11 is 0. The maximum atomic E-state index is 12.3. The van der Waals surface area contributed by atoms with E-state index in [0.717, 1.165) is 19.4 Å². The van der Waals surface area contributed by atoms with Gasteiger partial charge in [-0.1, -0.05) is 13.8 Å². The Labute approximate surface area is 122 Å². The fraction of sp³-hybridized carbons (Fsp3) is 0.867. The van der Waals surface area contributed by atoms with Crippen molar-refractivity contribution in [3.63, 3.8) is 0 Å². The summed E-state index contributed by atoms with van der Waals surface area (Å²) in [5, 5.41) is 9.00. The highest BCUT2D eigenvalue weighted by molar-refractivity contribution is 5.90. The van der Waals surface area contributed by atoms with Crippen LogP contribution in [-0.2, 0) is 9.59 Å². The molecule has 1 heterocycles. The summed E-state index contributed by atoms with van der Waals surface area (Å²) in [7, 11) is 0. The van der Waals surface area contributed by atoms with E-state index in [4.69, 9.17) is 0 Å². The van der Waals surface area contributed by atoms with Crippen molar-refractivity contribution in [2.24, 2.45) is 5.92 Å². The molecule has 0 radical (unpaired) electrons. The average molecular weight is 283 g/mol. The second kappa shape index (κ2) is 7.07. The van der Waals surface area contributed by atoms with Gasteiger partial charge in [-0.05, 0) is 52.5 Å². The molecule has 1 fully saturated rings. The van der Waals surface area contributed by atoms with Crippen LogP contribution in [0.4, 0.5) is 0 Å². The van der Waals surface area contributed by atoms with Crippen LogP contribution in [0.2, 0.25) is 0 Å². The zero-order valence-electron chi connectivity index (χ0n) is 13.4. The molecule has 3 N–H and O–H groups in total. The lowest BCUT2D eigenvalue weighted by Crippen LogP contribution is -2.55. The number of rotatable bonds is 5. The van der Waals surface area contributed by atoms with Crippen molar-refractivity contribution in [1.29, 1.82) is 0 Å². The van der Waals surface area contributed by atoms with E-state index < -0.39 is 6.04 Å². The van der Waals surface area contributed by atoms with Crippen molar-refractivity contribution in [3.8, 4) is 0 Å². The van der Waals surface area contributed by atoms with Crippen LogP contribution in [0, 0.1) is 5.92 Å². The zero-order valence-corrected chi connectivity index (χ0v) is 13.4. The Morgan fingerprint density at radius 2 is 1.95 bits per heavy atom. The van der Waals surface area contributed by atoms with Gasteiger partial charge >= 0.3 is 0 Å². The minimum atomic E-state index is -0.455. The summed E-state index contributed by atoms with van der Waals surface area (Å²) in [6, 6.07) is -0.601. The molecule has 2 atom stereocenters. The van der Waals surface area contributed by atoms with Crippen molar-refractivity contribution in [2.45, 2.75) is 71.5 Å². The van der Waals surface area contributed by atoms with Crippen LogP contribution >= 0.6 is 0 Å². The van der Waals surface area contributed by atoms with Crippen LogP contribution < -0.4 is 16.0 Å². The van der Waals surface area contributed by atoms with E-state index in [1.54, 1.807) is 0 Å². The van der Waals surface area contributed by atoms with Gasteiger partial charge in [0.2, 0.25) is 11.8 Å². The molecule has 0 aromatic heterocycles. The Hall–Kier alpha value is -1.10. The standard InChI is InChI=1S/C15H29N3O2/c1-10(2)9-12(14(20)18-15(3,4)5)17-13(19)11-7-6-8-16-11/h10-12,16H,6-9H2,1-5H3,(H,17,19)(H,18,20)/t11-,12-/m0/s1. The van der Waals surface area contributed by atoms with E-state index in [0.29, 0.717) is 12.3 Å². The lowest BCUT2D eigenvalue weighted by molar-refractivity contribution is -0.131. The molecule has 0 saturated carbocycles. The summed E-state index contributed by atoms with van der Waals surface area (Å²) in [5.74, 6) is 0.192. The third-order valence-corrected chi connectivity index (χ3v) is 3.22. The van der Waals surface area contributed by atoms with Crippen LogP contribution in [-0.4, -0.2) is 36.0 Å². The maximum absolute atomic E-state index is 12.3. The van der Waals surface area contributed by atoms with Crippen LogP contribution in [0.15, 0.2) is 0 Å². The molecule has 0 aromatic rings. The topological polar surface area (TPSA) is 70.2 Å². The average Bonchev–Trinajstić information content (AvgIpc) is 2.78. The summed E-state index contributed by atoms with van der Waals surface area (Å²) in [4.78, 5) is 24.5. The molecule has 0 unspecified atom stereocenters. The monoisotopic (exact) mass is 283 g/mol. The second-order valence-corrected chi connectivity index (χ2v) is 7.08. The Morgan fingerprint density at radius 1 is 1.30 bits per heavy atom. The molecule has 5 nitrogen and oxygen atoms in total. The number of amides is 2. The molecule has 116 valence electrons. The lowest BCUT2D eigenvalue weighted by atomic mass is 10.0. The summed E-state index contributed by atoms with van der Waals surface area (Å²) in [5.41, 5.74) is -0.289. The fourth-order valence-corrected chi connectivity index (χ4v) is 2.34. The SMILES string of the molecule is CC(C)C[C@H](NC(=O)[C@@H]1CCCN1)C(=O)NC(C)(C)C. The molecule has 0 spiro atoms. The number of nitrogens with one attached hydrogen (secondary N) is 3. The highest BCUT2D eigenvalue weighted by Crippen LogP contribution is 2.10. The zero-order chi connectivity index (χ0) is 15.3. The molecular weight excluding hydrogens is 254 g/mol. The summed E-state index contributed by atoms with van der Waals surface area (Å²) in [6.45, 7) is 10.8. The molecule has 1 saturated heterocycles. The van der Waals surface area contributed by atoms with Crippen molar-refractivity contribution in [3.05, 3.63) is 0 Å². The molecule has 1 aliphatic heterocycles. The van der Waals surface area contributed by atoms with Gasteiger partial charge in [0.05, 0.1) is 6.04 Å². The lowest BCUT2D eigenvalue weighted by Gasteiger charge is -2.27. The van der Waals surface area contributed by atoms with Gasteiger partial charge in [-0.25, -0.2) is 0 Å². The quantitative estimate of drug-likeness (QED) is 0.709. The Morgan fingerprint density at radius 3 is 2.40 bits per heavy atom. The smallest absolute Gasteiger partial charge is 0.242 e. The number of carbonyl (C=O) groups excluding carboxylic acids is 2. The first-order chi connectivity index (χ1) is 9.19. The first-order valence-corrected chi connectivity index (χ1v) is 7.55. The van der Waals surface area contributed by atoms with Crippen molar-refractivity contribution in [2.75, 3.05) is 6.54 Å². The van der Waals surface area contributed by atoms with Gasteiger partial charge < -0.3 is 16.0 Å². The second-order valence-electron chi connectivity index (χ2n) is 7.08. The highest BCUT2D eigenvalue weighted by atomic mass is 16.2. The predicted molar refractivity (Wildman–Crippen MR) is 80.3 cm³/mol. The molecule has 0 aromatic carbocycles. The maximum Gasteiger partial charge on any atom is 0.242 e. The van der Waals surface area contributed by atoms with Crippen LogP contribution in [0.5, 0.6) is 0 Å². The molecular formula is C15H29N3O2. The fourth-order valence-electron chi connectivity index (χ4n) is 2.34. The van der Waals surface area contributed by atoms with E-state index in [9.17, 15) is 9.59 Å². The minimum absolute atomic E-state index is 0.0581. The van der Waals surface area contributed by atoms with Gasteiger partial charge in [0.25, 0.3) is 0 Å². The molecule has 2 amide bonds. The highest BCUT2D eigenvalue weighted by Gasteiger charge is 2.29. The molecule has 1 rings (SSSR count). The van der Waals surface area contributed by atoms with E-state index in [1.165, 1.54) is 0 Å². The molecule has 0 aliphatic carbocycles. The van der Waals surface area contributed by atoms with Gasteiger partial charge in [-0.2, -0.15) is 0 Å². The Balaban J connectivity index is 2.63. The van der Waals surface area contributed by atoms with Gasteiger partial charge in [-0.3, -0.25) is 9.59 Å². The van der Waals surface area contributed by atoms with Gasteiger partial charge in [-0.15, -0.1) is 0 Å². The third-order valence-electron chi connectivity index (χ3n) is 3.22. The van der Waals surface area contributed by atoms with Crippen LogP contribution in [0.3, 0.4) is 0 Å². The van der Waals surface area contributed by atoms with Crippen molar-refractivity contribution in [1.82, 2.24) is 16.0 Å². The van der Waals surface area contributed by atoms with E-state index in [2.05, 4.69) is 29.8 Å². The third kappa shape index (κ3) is 5.90. The van der Waals surface area contributed by atoms with Crippen molar-refractivity contribution >= 4 is 11.8 Å². The first kappa shape index (κ1) is 17.0. The summed E-state index contributed by atoms with van der Waals surface area (Å²) in [6.07, 6.45) is 2.52. The van der Waals surface area contributed by atoms with E-state index in [-0.39, 0.29) is 23.4 Å². The van der Waals surface area contributed by atoms with Gasteiger partial charge in [0.1, 0.15) is 6.04 Å². The molecule has 0 bridgehead atoms. The van der Waals surface area contributed by atoms with Gasteiger partial charge in [0.15, 0.2) is 0 Å². The van der Waals surface area contributed by atoms with Gasteiger partial charge in [0, 0.05) is 5.54 Å². The van der Waals surface area contributed by atoms with Crippen LogP contribution in [0.1, 0.15) is 53.9 Å². The Kier molecular flexibility index (Phi) is 5.99. The number of carbonyl (C=O) groups is 2. The molecule has 1 aliphatic rings. The molecule has 5 heteroatoms. The minimum Gasteiger partial charge on any atom is -0.350 e. The first-order valence-electron chi connectivity index (χ1n) is 7.55. The van der Waals surface area contributed by atoms with E-state index in [1.807, 2.05) is 20.8 Å². The molecule has 20 heavy (non-hydrogen) atoms. The normalized spacial score (nSPS) is 20.8. The van der Waals surface area contributed by atoms with E-state index >= 15 is 0 Å². The van der Waals surface area contributed by atoms with Crippen LogP contribution in [0.25, 0.3) is 0 Å². The predicted octanol–water partition coefficient (Wildman–Crippen LogP) is 1.18. The largest absolute Gasteiger partial charge is 0.350 e. The van der Waals surface area contributed by atoms with Crippen molar-refractivity contribution < 1.29 is 9.59 Å². The number of hydrogen-bond donors (Lipinski definition) is 3.